The Bertz CT molecular complexity index is 198. The molecule has 62 valence electrons. The fraction of sp³-hybridized carbons (Fsp3) is 0.571. The number of hydrogen-bond donors (Lipinski definition) is 1. The molecular formula is C7H11NO3. The van der Waals surface area contributed by atoms with Gasteiger partial charge in [0.1, 0.15) is 0 Å². The van der Waals surface area contributed by atoms with Crippen LogP contribution in [0.2, 0.25) is 0 Å². The van der Waals surface area contributed by atoms with Gasteiger partial charge in [0, 0.05) is 7.05 Å². The Morgan fingerprint density at radius 3 is 2.73 bits per heavy atom. The van der Waals surface area contributed by atoms with E-state index in [1.54, 1.807) is 7.05 Å². The molecule has 0 aromatic carbocycles. The van der Waals surface area contributed by atoms with Crippen molar-refractivity contribution in [1.82, 2.24) is 5.32 Å². The molecule has 1 aliphatic heterocycles. The summed E-state index contributed by atoms with van der Waals surface area (Å²) in [7, 11) is 1.71. The lowest BCUT2D eigenvalue weighted by Gasteiger charge is -2.18. The maximum absolute atomic E-state index is 11.0. The molecule has 0 radical (unpaired) electrons. The Kier molecular flexibility index (Phi) is 2.36. The lowest BCUT2D eigenvalue weighted by Crippen LogP contribution is -2.25. The lowest BCUT2D eigenvalue weighted by atomic mass is 10.2. The molecule has 0 amide bonds. The minimum atomic E-state index is -0.289. The molecule has 4 nitrogen and oxygen atoms in total. The van der Waals surface area contributed by atoms with Crippen LogP contribution in [0.5, 0.6) is 0 Å². The minimum absolute atomic E-state index is 0.0124. The summed E-state index contributed by atoms with van der Waals surface area (Å²) in [6.07, 6.45) is 0.620. The second-order valence-corrected chi connectivity index (χ2v) is 2.11. The fourth-order valence-electron chi connectivity index (χ4n) is 0.937. The molecule has 0 aromatic rings. The van der Waals surface area contributed by atoms with Crippen molar-refractivity contribution in [3.8, 4) is 0 Å². The number of carbonyl (C=O) groups is 1. The van der Waals surface area contributed by atoms with Crippen LogP contribution >= 0.6 is 0 Å². The summed E-state index contributed by atoms with van der Waals surface area (Å²) in [6, 6.07) is 0. The third-order valence-electron chi connectivity index (χ3n) is 1.49. The molecule has 1 N–H and O–H groups in total. The van der Waals surface area contributed by atoms with Crippen molar-refractivity contribution in [3.05, 3.63) is 11.5 Å². The van der Waals surface area contributed by atoms with E-state index in [-0.39, 0.29) is 12.8 Å². The van der Waals surface area contributed by atoms with Gasteiger partial charge in [0.05, 0.1) is 5.57 Å². The highest BCUT2D eigenvalue weighted by Crippen LogP contribution is 2.14. The summed E-state index contributed by atoms with van der Waals surface area (Å²) in [5.41, 5.74) is 0.568. The van der Waals surface area contributed by atoms with Crippen molar-refractivity contribution >= 4 is 5.97 Å². The van der Waals surface area contributed by atoms with E-state index in [9.17, 15) is 4.79 Å². The van der Waals surface area contributed by atoms with Gasteiger partial charge in [-0.25, -0.2) is 4.79 Å². The molecule has 4 heteroatoms. The molecule has 0 bridgehead atoms. The average Bonchev–Trinajstić information content (AvgIpc) is 2.04. The first-order chi connectivity index (χ1) is 5.29. The van der Waals surface area contributed by atoms with Crippen molar-refractivity contribution in [2.45, 2.75) is 13.3 Å². The molecule has 0 unspecified atom stereocenters. The smallest absolute Gasteiger partial charge is 0.342 e. The summed E-state index contributed by atoms with van der Waals surface area (Å²) >= 11 is 0. The van der Waals surface area contributed by atoms with Gasteiger partial charge in [-0.2, -0.15) is 0 Å². The second kappa shape index (κ2) is 3.27. The van der Waals surface area contributed by atoms with E-state index in [1.165, 1.54) is 0 Å². The normalized spacial score (nSPS) is 17.5. The van der Waals surface area contributed by atoms with Gasteiger partial charge < -0.3 is 14.8 Å². The SMILES string of the molecule is CCC1=C(NC)OCOC1=O. The summed E-state index contributed by atoms with van der Waals surface area (Å²) in [5, 5.41) is 2.79. The number of cyclic esters (lactones) is 1. The molecular weight excluding hydrogens is 146 g/mol. The van der Waals surface area contributed by atoms with Gasteiger partial charge in [0.25, 0.3) is 0 Å². The van der Waals surface area contributed by atoms with Gasteiger partial charge in [-0.1, -0.05) is 6.92 Å². The largest absolute Gasteiger partial charge is 0.442 e. The predicted molar refractivity (Wildman–Crippen MR) is 38.4 cm³/mol. The van der Waals surface area contributed by atoms with E-state index in [1.807, 2.05) is 6.92 Å². The van der Waals surface area contributed by atoms with Gasteiger partial charge in [0.2, 0.25) is 12.7 Å². The Balaban J connectivity index is 2.86. The van der Waals surface area contributed by atoms with Gasteiger partial charge in [-0.3, -0.25) is 0 Å². The first-order valence-corrected chi connectivity index (χ1v) is 3.50. The molecule has 0 spiro atoms. The van der Waals surface area contributed by atoms with Gasteiger partial charge >= 0.3 is 5.97 Å². The zero-order valence-corrected chi connectivity index (χ0v) is 6.64. The van der Waals surface area contributed by atoms with Gasteiger partial charge in [-0.15, -0.1) is 0 Å². The van der Waals surface area contributed by atoms with Crippen LogP contribution in [-0.2, 0) is 14.3 Å². The van der Waals surface area contributed by atoms with E-state index in [0.717, 1.165) is 0 Å². The molecule has 0 fully saturated rings. The molecule has 0 saturated carbocycles. The maximum atomic E-state index is 11.0. The molecule has 1 rings (SSSR count). The summed E-state index contributed by atoms with van der Waals surface area (Å²) in [5.74, 6) is 0.242. The van der Waals surface area contributed by atoms with Crippen molar-refractivity contribution in [3.63, 3.8) is 0 Å². The molecule has 11 heavy (non-hydrogen) atoms. The number of esters is 1. The fourth-order valence-corrected chi connectivity index (χ4v) is 0.937. The maximum Gasteiger partial charge on any atom is 0.342 e. The van der Waals surface area contributed by atoms with Crippen LogP contribution in [0, 0.1) is 0 Å². The van der Waals surface area contributed by atoms with Crippen LogP contribution in [-0.4, -0.2) is 19.8 Å². The number of carbonyl (C=O) groups excluding carboxylic acids is 1. The first kappa shape index (κ1) is 7.91. The topological polar surface area (TPSA) is 47.6 Å². The van der Waals surface area contributed by atoms with Crippen molar-refractivity contribution < 1.29 is 14.3 Å². The average molecular weight is 157 g/mol. The first-order valence-electron chi connectivity index (χ1n) is 3.50. The summed E-state index contributed by atoms with van der Waals surface area (Å²) in [6.45, 7) is 1.89. The molecule has 0 aromatic heterocycles. The van der Waals surface area contributed by atoms with Gasteiger partial charge in [0.15, 0.2) is 0 Å². The molecule has 0 aliphatic carbocycles. The van der Waals surface area contributed by atoms with Crippen LogP contribution in [0.1, 0.15) is 13.3 Å². The number of ether oxygens (including phenoxy) is 2. The lowest BCUT2D eigenvalue weighted by molar-refractivity contribution is -0.154. The zero-order valence-electron chi connectivity index (χ0n) is 6.64. The number of nitrogens with one attached hydrogen (secondary N) is 1. The highest BCUT2D eigenvalue weighted by atomic mass is 16.7. The summed E-state index contributed by atoms with van der Waals surface area (Å²) in [4.78, 5) is 11.0. The zero-order chi connectivity index (χ0) is 8.27. The Morgan fingerprint density at radius 2 is 2.27 bits per heavy atom. The quantitative estimate of drug-likeness (QED) is 0.588. The highest BCUT2D eigenvalue weighted by Gasteiger charge is 2.20. The van der Waals surface area contributed by atoms with Crippen LogP contribution in [0.25, 0.3) is 0 Å². The monoisotopic (exact) mass is 157 g/mol. The molecule has 0 saturated heterocycles. The standard InChI is InChI=1S/C7H11NO3/c1-3-5-6(8-2)10-4-11-7(5)9/h8H,3-4H2,1-2H3. The molecule has 1 heterocycles. The van der Waals surface area contributed by atoms with Gasteiger partial charge in [-0.05, 0) is 6.42 Å². The third kappa shape index (κ3) is 1.45. The Morgan fingerprint density at radius 1 is 1.55 bits per heavy atom. The van der Waals surface area contributed by atoms with Crippen molar-refractivity contribution in [2.75, 3.05) is 13.8 Å². The number of hydrogen-bond acceptors (Lipinski definition) is 4. The van der Waals surface area contributed by atoms with Crippen LogP contribution in [0.15, 0.2) is 11.5 Å². The van der Waals surface area contributed by atoms with E-state index in [0.29, 0.717) is 17.9 Å². The number of rotatable bonds is 2. The Labute approximate surface area is 65.2 Å². The van der Waals surface area contributed by atoms with Crippen molar-refractivity contribution in [2.24, 2.45) is 0 Å². The predicted octanol–water partition coefficient (Wildman–Crippen LogP) is 0.358. The third-order valence-corrected chi connectivity index (χ3v) is 1.49. The van der Waals surface area contributed by atoms with Crippen LogP contribution in [0.4, 0.5) is 0 Å². The van der Waals surface area contributed by atoms with Crippen LogP contribution < -0.4 is 5.32 Å². The summed E-state index contributed by atoms with van der Waals surface area (Å²) < 4.78 is 9.68. The van der Waals surface area contributed by atoms with E-state index in [4.69, 9.17) is 4.74 Å². The van der Waals surface area contributed by atoms with E-state index in [2.05, 4.69) is 10.1 Å². The molecule has 0 atom stereocenters. The van der Waals surface area contributed by atoms with Crippen LogP contribution in [0.3, 0.4) is 0 Å². The minimum Gasteiger partial charge on any atom is -0.442 e. The second-order valence-electron chi connectivity index (χ2n) is 2.11. The molecule has 1 aliphatic rings. The van der Waals surface area contributed by atoms with Crippen molar-refractivity contribution in [1.29, 1.82) is 0 Å². The van der Waals surface area contributed by atoms with E-state index >= 15 is 0 Å². The van der Waals surface area contributed by atoms with E-state index < -0.39 is 0 Å². The highest BCUT2D eigenvalue weighted by molar-refractivity contribution is 5.89. The Hall–Kier alpha value is -1.19.